The van der Waals surface area contributed by atoms with Crippen LogP contribution in [0.15, 0.2) is 36.4 Å². The monoisotopic (exact) mass is 414 g/mol. The van der Waals surface area contributed by atoms with E-state index in [0.717, 1.165) is 24.1 Å². The fourth-order valence-corrected chi connectivity index (χ4v) is 4.13. The Hall–Kier alpha value is -2.60. The summed E-state index contributed by atoms with van der Waals surface area (Å²) in [5.74, 6) is 1.04. The standard InChI is InChI=1S/C24H31FN2O3/c1-15(2)24(28)26-16(3)23-20-13-22(30-5)21(29-4)12-18(20)9-10-27(23)14-17-7-6-8-19(25)11-17/h6-8,11-13,15-16,23H,9-10,14H2,1-5H3,(H,26,28)/t16-,23+/m0/s1. The van der Waals surface area contributed by atoms with Crippen LogP contribution in [0.1, 0.15) is 43.5 Å². The molecule has 1 N–H and O–H groups in total. The molecule has 2 aromatic rings. The third kappa shape index (κ3) is 4.75. The van der Waals surface area contributed by atoms with E-state index in [-0.39, 0.29) is 29.7 Å². The zero-order chi connectivity index (χ0) is 21.8. The lowest BCUT2D eigenvalue weighted by molar-refractivity contribution is -0.125. The predicted molar refractivity (Wildman–Crippen MR) is 115 cm³/mol. The number of benzene rings is 2. The van der Waals surface area contributed by atoms with Crippen LogP contribution in [0.3, 0.4) is 0 Å². The van der Waals surface area contributed by atoms with Crippen molar-refractivity contribution in [3.05, 3.63) is 58.9 Å². The molecule has 0 unspecified atom stereocenters. The number of fused-ring (bicyclic) bond motifs is 1. The number of carbonyl (C=O) groups excluding carboxylic acids is 1. The zero-order valence-corrected chi connectivity index (χ0v) is 18.4. The maximum absolute atomic E-state index is 13.8. The van der Waals surface area contributed by atoms with Crippen molar-refractivity contribution in [2.75, 3.05) is 20.8 Å². The van der Waals surface area contributed by atoms with E-state index in [4.69, 9.17) is 9.47 Å². The van der Waals surface area contributed by atoms with Crippen LogP contribution in [0, 0.1) is 11.7 Å². The maximum Gasteiger partial charge on any atom is 0.222 e. The fraction of sp³-hybridized carbons (Fsp3) is 0.458. The van der Waals surface area contributed by atoms with Gasteiger partial charge in [-0.05, 0) is 54.3 Å². The first-order valence-electron chi connectivity index (χ1n) is 10.4. The van der Waals surface area contributed by atoms with Crippen LogP contribution < -0.4 is 14.8 Å². The van der Waals surface area contributed by atoms with Crippen LogP contribution in [0.5, 0.6) is 11.5 Å². The maximum atomic E-state index is 13.8. The third-order valence-electron chi connectivity index (χ3n) is 5.67. The molecule has 0 spiro atoms. The van der Waals surface area contributed by atoms with Crippen molar-refractivity contribution in [1.82, 2.24) is 10.2 Å². The van der Waals surface area contributed by atoms with E-state index in [9.17, 15) is 9.18 Å². The normalized spacial score (nSPS) is 17.4. The van der Waals surface area contributed by atoms with Gasteiger partial charge in [-0.15, -0.1) is 0 Å². The van der Waals surface area contributed by atoms with Crippen molar-refractivity contribution in [3.63, 3.8) is 0 Å². The van der Waals surface area contributed by atoms with Gasteiger partial charge in [-0.25, -0.2) is 4.39 Å². The number of hydrogen-bond acceptors (Lipinski definition) is 4. The summed E-state index contributed by atoms with van der Waals surface area (Å²) in [6.07, 6.45) is 0.840. The van der Waals surface area contributed by atoms with Gasteiger partial charge in [0.1, 0.15) is 5.82 Å². The van der Waals surface area contributed by atoms with Crippen LogP contribution >= 0.6 is 0 Å². The van der Waals surface area contributed by atoms with Gasteiger partial charge in [-0.1, -0.05) is 26.0 Å². The van der Waals surface area contributed by atoms with Crippen LogP contribution in [0.2, 0.25) is 0 Å². The number of hydrogen-bond donors (Lipinski definition) is 1. The number of halogens is 1. The molecule has 1 aliphatic rings. The first kappa shape index (κ1) is 22.1. The highest BCUT2D eigenvalue weighted by molar-refractivity contribution is 5.78. The quantitative estimate of drug-likeness (QED) is 0.741. The van der Waals surface area contributed by atoms with Gasteiger partial charge < -0.3 is 14.8 Å². The Labute approximate surface area is 178 Å². The van der Waals surface area contributed by atoms with E-state index < -0.39 is 0 Å². The Bertz CT molecular complexity index is 900. The fourth-order valence-electron chi connectivity index (χ4n) is 4.13. The predicted octanol–water partition coefficient (Wildman–Crippen LogP) is 4.10. The van der Waals surface area contributed by atoms with Gasteiger partial charge in [0.05, 0.1) is 20.3 Å². The number of rotatable bonds is 7. The highest BCUT2D eigenvalue weighted by Gasteiger charge is 2.34. The summed E-state index contributed by atoms with van der Waals surface area (Å²) < 4.78 is 24.8. The van der Waals surface area contributed by atoms with Gasteiger partial charge in [-0.3, -0.25) is 9.69 Å². The van der Waals surface area contributed by atoms with E-state index in [2.05, 4.69) is 10.2 Å². The van der Waals surface area contributed by atoms with Gasteiger partial charge in [0, 0.05) is 25.0 Å². The summed E-state index contributed by atoms with van der Waals surface area (Å²) in [6, 6.07) is 10.5. The van der Waals surface area contributed by atoms with Crippen molar-refractivity contribution in [1.29, 1.82) is 0 Å². The minimum absolute atomic E-state index is 0.0146. The van der Waals surface area contributed by atoms with Crippen LogP contribution in [0.25, 0.3) is 0 Å². The molecule has 1 heterocycles. The second-order valence-corrected chi connectivity index (χ2v) is 8.15. The minimum atomic E-state index is -0.242. The lowest BCUT2D eigenvalue weighted by atomic mass is 9.87. The molecule has 1 amide bonds. The lowest BCUT2D eigenvalue weighted by Crippen LogP contribution is -2.48. The molecule has 162 valence electrons. The molecule has 2 aromatic carbocycles. The van der Waals surface area contributed by atoms with E-state index in [1.807, 2.05) is 39.0 Å². The Morgan fingerprint density at radius 3 is 2.50 bits per heavy atom. The Balaban J connectivity index is 1.99. The topological polar surface area (TPSA) is 50.8 Å². The summed E-state index contributed by atoms with van der Waals surface area (Å²) >= 11 is 0. The molecule has 0 saturated carbocycles. The van der Waals surface area contributed by atoms with Gasteiger partial charge in [0.15, 0.2) is 11.5 Å². The SMILES string of the molecule is COc1cc2c(cc1OC)[C@@H]([C@H](C)NC(=O)C(C)C)N(Cc1cccc(F)c1)CC2. The van der Waals surface area contributed by atoms with Crippen LogP contribution in [-0.4, -0.2) is 37.6 Å². The average Bonchev–Trinajstić information content (AvgIpc) is 2.72. The van der Waals surface area contributed by atoms with Crippen molar-refractivity contribution >= 4 is 5.91 Å². The number of methoxy groups -OCH3 is 2. The zero-order valence-electron chi connectivity index (χ0n) is 18.4. The summed E-state index contributed by atoms with van der Waals surface area (Å²) in [4.78, 5) is 14.7. The van der Waals surface area contributed by atoms with E-state index in [0.29, 0.717) is 18.0 Å². The summed E-state index contributed by atoms with van der Waals surface area (Å²) in [7, 11) is 3.25. The molecule has 3 rings (SSSR count). The molecule has 1 aliphatic heterocycles. The number of carbonyl (C=O) groups is 1. The summed E-state index contributed by atoms with van der Waals surface area (Å²) in [6.45, 7) is 7.18. The van der Waals surface area contributed by atoms with E-state index >= 15 is 0 Å². The second kappa shape index (κ2) is 9.47. The molecule has 0 saturated heterocycles. The Morgan fingerprint density at radius 1 is 1.17 bits per heavy atom. The molecule has 6 heteroatoms. The highest BCUT2D eigenvalue weighted by Crippen LogP contribution is 2.40. The van der Waals surface area contributed by atoms with Gasteiger partial charge in [0.25, 0.3) is 0 Å². The first-order valence-corrected chi connectivity index (χ1v) is 10.4. The molecule has 0 aliphatic carbocycles. The van der Waals surface area contributed by atoms with Gasteiger partial charge >= 0.3 is 0 Å². The molecular formula is C24H31FN2O3. The van der Waals surface area contributed by atoms with Crippen molar-refractivity contribution in [3.8, 4) is 11.5 Å². The van der Waals surface area contributed by atoms with Gasteiger partial charge in [-0.2, -0.15) is 0 Å². The highest BCUT2D eigenvalue weighted by atomic mass is 19.1. The Kier molecular flexibility index (Phi) is 6.98. The van der Waals surface area contributed by atoms with Crippen molar-refractivity contribution in [2.24, 2.45) is 5.92 Å². The molecule has 0 radical (unpaired) electrons. The van der Waals surface area contributed by atoms with Gasteiger partial charge in [0.2, 0.25) is 5.91 Å². The van der Waals surface area contributed by atoms with Crippen molar-refractivity contribution in [2.45, 2.75) is 45.8 Å². The van der Waals surface area contributed by atoms with Crippen LogP contribution in [0.4, 0.5) is 4.39 Å². The molecule has 0 aromatic heterocycles. The number of amides is 1. The number of nitrogens with one attached hydrogen (secondary N) is 1. The summed E-state index contributed by atoms with van der Waals surface area (Å²) in [5, 5.41) is 3.16. The molecule has 0 fully saturated rings. The van der Waals surface area contributed by atoms with E-state index in [1.165, 1.54) is 11.6 Å². The number of nitrogens with zero attached hydrogens (tertiary/aromatic N) is 1. The molecule has 0 bridgehead atoms. The molecule has 5 nitrogen and oxygen atoms in total. The minimum Gasteiger partial charge on any atom is -0.493 e. The molecule has 2 atom stereocenters. The molecule has 30 heavy (non-hydrogen) atoms. The first-order chi connectivity index (χ1) is 14.3. The Morgan fingerprint density at radius 2 is 1.87 bits per heavy atom. The largest absolute Gasteiger partial charge is 0.493 e. The number of ether oxygens (including phenoxy) is 2. The average molecular weight is 415 g/mol. The summed E-state index contributed by atoms with van der Waals surface area (Å²) in [5.41, 5.74) is 3.19. The van der Waals surface area contributed by atoms with Crippen LogP contribution in [-0.2, 0) is 17.8 Å². The smallest absolute Gasteiger partial charge is 0.222 e. The second-order valence-electron chi connectivity index (χ2n) is 8.15. The van der Waals surface area contributed by atoms with E-state index in [1.54, 1.807) is 26.4 Å². The lowest BCUT2D eigenvalue weighted by Gasteiger charge is -2.41. The van der Waals surface area contributed by atoms with Crippen molar-refractivity contribution < 1.29 is 18.7 Å². The third-order valence-corrected chi connectivity index (χ3v) is 5.67. The molecular weight excluding hydrogens is 383 g/mol.